The van der Waals surface area contributed by atoms with E-state index in [1.807, 2.05) is 29.2 Å². The fraction of sp³-hybridized carbons (Fsp3) is 0.435. The van der Waals surface area contributed by atoms with Crippen molar-refractivity contribution in [3.8, 4) is 0 Å². The minimum absolute atomic E-state index is 0.119. The lowest BCUT2D eigenvalue weighted by Crippen LogP contribution is -2.46. The highest BCUT2D eigenvalue weighted by Gasteiger charge is 2.37. The summed E-state index contributed by atoms with van der Waals surface area (Å²) in [6, 6.07) is 12.5. The molecule has 3 heterocycles. The van der Waals surface area contributed by atoms with Gasteiger partial charge in [-0.3, -0.25) is 4.79 Å². The van der Waals surface area contributed by atoms with E-state index < -0.39 is 0 Å². The lowest BCUT2D eigenvalue weighted by Gasteiger charge is -2.37. The number of halogens is 1. The second-order valence-electron chi connectivity index (χ2n) is 8.67. The fourth-order valence-corrected chi connectivity index (χ4v) is 4.35. The first kappa shape index (κ1) is 19.4. The number of imidazole rings is 1. The molecule has 0 saturated heterocycles. The van der Waals surface area contributed by atoms with Crippen LogP contribution in [0.25, 0.3) is 11.2 Å². The van der Waals surface area contributed by atoms with Crippen LogP contribution in [0.3, 0.4) is 0 Å². The maximum absolute atomic E-state index is 13.2. The van der Waals surface area contributed by atoms with Crippen LogP contribution in [0, 0.1) is 5.92 Å². The van der Waals surface area contributed by atoms with Crippen molar-refractivity contribution in [2.24, 2.45) is 5.92 Å². The number of para-hydroxylation sites is 2. The molecular formula is C23H26ClN5O. The van der Waals surface area contributed by atoms with Crippen LogP contribution in [0.4, 0.5) is 11.4 Å². The first-order valence-electron chi connectivity index (χ1n) is 10.7. The molecular weight excluding hydrogens is 398 g/mol. The summed E-state index contributed by atoms with van der Waals surface area (Å²) in [6.07, 6.45) is 3.36. The summed E-state index contributed by atoms with van der Waals surface area (Å²) in [5.41, 5.74) is 3.71. The molecule has 2 aliphatic rings. The molecule has 1 fully saturated rings. The Balaban J connectivity index is 1.53. The molecule has 0 spiro atoms. The average Bonchev–Trinajstić information content (AvgIpc) is 3.50. The van der Waals surface area contributed by atoms with Gasteiger partial charge < -0.3 is 14.4 Å². The summed E-state index contributed by atoms with van der Waals surface area (Å²) in [7, 11) is 0. The zero-order chi connectivity index (χ0) is 20.8. The van der Waals surface area contributed by atoms with Crippen LogP contribution in [0.5, 0.6) is 0 Å². The van der Waals surface area contributed by atoms with E-state index in [0.717, 1.165) is 35.7 Å². The largest absolute Gasteiger partial charge is 0.358 e. The van der Waals surface area contributed by atoms with E-state index in [1.54, 1.807) is 6.07 Å². The fourth-order valence-electron chi connectivity index (χ4n) is 4.20. The van der Waals surface area contributed by atoms with Crippen LogP contribution in [-0.4, -0.2) is 33.0 Å². The SMILES string of the molecule is CC(C)CCn1c(CN2C(=O)CN(C3CC3)c3ccccc32)nc2nc(Cl)ccc21. The Morgan fingerprint density at radius 1 is 1.10 bits per heavy atom. The third kappa shape index (κ3) is 3.54. The summed E-state index contributed by atoms with van der Waals surface area (Å²) in [5, 5.41) is 0.432. The Hall–Kier alpha value is -2.60. The Bertz CT molecular complexity index is 1100. The number of pyridine rings is 1. The average molecular weight is 424 g/mol. The molecule has 156 valence electrons. The number of hydrogen-bond acceptors (Lipinski definition) is 4. The molecule has 1 amide bonds. The van der Waals surface area contributed by atoms with Crippen molar-refractivity contribution < 1.29 is 4.79 Å². The lowest BCUT2D eigenvalue weighted by atomic mass is 10.1. The van der Waals surface area contributed by atoms with Gasteiger partial charge in [0.15, 0.2) is 5.65 Å². The van der Waals surface area contributed by atoms with Crippen molar-refractivity contribution in [2.45, 2.75) is 52.2 Å². The number of rotatable bonds is 6. The molecule has 3 aromatic rings. The summed E-state index contributed by atoms with van der Waals surface area (Å²) in [5.74, 6) is 1.54. The molecule has 0 radical (unpaired) electrons. The Morgan fingerprint density at radius 2 is 1.87 bits per heavy atom. The zero-order valence-corrected chi connectivity index (χ0v) is 18.1. The minimum atomic E-state index is 0.119. The van der Waals surface area contributed by atoms with Crippen LogP contribution in [0.1, 0.15) is 38.9 Å². The molecule has 1 saturated carbocycles. The molecule has 1 aliphatic carbocycles. The highest BCUT2D eigenvalue weighted by atomic mass is 35.5. The number of aryl methyl sites for hydroxylation is 1. The van der Waals surface area contributed by atoms with E-state index in [0.29, 0.717) is 35.8 Å². The highest BCUT2D eigenvalue weighted by Crippen LogP contribution is 2.40. The predicted octanol–water partition coefficient (Wildman–Crippen LogP) is 4.65. The normalized spacial score (nSPS) is 16.6. The van der Waals surface area contributed by atoms with Crippen molar-refractivity contribution in [3.05, 3.63) is 47.4 Å². The number of hydrogen-bond donors (Lipinski definition) is 0. The Labute approximate surface area is 181 Å². The monoisotopic (exact) mass is 423 g/mol. The smallest absolute Gasteiger partial charge is 0.247 e. The number of amides is 1. The third-order valence-corrected chi connectivity index (χ3v) is 6.17. The Morgan fingerprint density at radius 3 is 2.60 bits per heavy atom. The van der Waals surface area contributed by atoms with E-state index in [2.05, 4.69) is 34.4 Å². The van der Waals surface area contributed by atoms with Gasteiger partial charge in [0.2, 0.25) is 5.91 Å². The van der Waals surface area contributed by atoms with E-state index in [9.17, 15) is 4.79 Å². The van der Waals surface area contributed by atoms with E-state index in [4.69, 9.17) is 16.6 Å². The minimum Gasteiger partial charge on any atom is -0.358 e. The molecule has 0 atom stereocenters. The van der Waals surface area contributed by atoms with Gasteiger partial charge in [-0.15, -0.1) is 0 Å². The Kier molecular flexibility index (Phi) is 4.89. The van der Waals surface area contributed by atoms with E-state index in [-0.39, 0.29) is 5.91 Å². The molecule has 30 heavy (non-hydrogen) atoms. The van der Waals surface area contributed by atoms with Crippen LogP contribution in [0.15, 0.2) is 36.4 Å². The quantitative estimate of drug-likeness (QED) is 0.541. The van der Waals surface area contributed by atoms with Gasteiger partial charge >= 0.3 is 0 Å². The van der Waals surface area contributed by atoms with Gasteiger partial charge in [-0.2, -0.15) is 0 Å². The number of fused-ring (bicyclic) bond motifs is 2. The zero-order valence-electron chi connectivity index (χ0n) is 17.4. The van der Waals surface area contributed by atoms with Gasteiger partial charge in [0.25, 0.3) is 0 Å². The van der Waals surface area contributed by atoms with Crippen molar-refractivity contribution in [1.29, 1.82) is 0 Å². The molecule has 0 bridgehead atoms. The van der Waals surface area contributed by atoms with Crippen molar-refractivity contribution in [3.63, 3.8) is 0 Å². The van der Waals surface area contributed by atoms with Gasteiger partial charge in [0, 0.05) is 12.6 Å². The van der Waals surface area contributed by atoms with Gasteiger partial charge in [0.1, 0.15) is 11.0 Å². The summed E-state index contributed by atoms with van der Waals surface area (Å²) < 4.78 is 2.20. The third-order valence-electron chi connectivity index (χ3n) is 5.96. The van der Waals surface area contributed by atoms with E-state index in [1.165, 1.54) is 12.8 Å². The second-order valence-corrected chi connectivity index (χ2v) is 9.05. The summed E-state index contributed by atoms with van der Waals surface area (Å²) in [6.45, 7) is 6.12. The van der Waals surface area contributed by atoms with Gasteiger partial charge in [0.05, 0.1) is 30.0 Å². The van der Waals surface area contributed by atoms with Gasteiger partial charge in [-0.25, -0.2) is 9.97 Å². The van der Waals surface area contributed by atoms with Crippen molar-refractivity contribution >= 4 is 40.0 Å². The number of carbonyl (C=O) groups is 1. The van der Waals surface area contributed by atoms with E-state index >= 15 is 0 Å². The van der Waals surface area contributed by atoms with Crippen molar-refractivity contribution in [1.82, 2.24) is 14.5 Å². The molecule has 1 aliphatic heterocycles. The molecule has 0 N–H and O–H groups in total. The molecule has 2 aromatic heterocycles. The number of aromatic nitrogens is 3. The maximum atomic E-state index is 13.2. The standard InChI is InChI=1S/C23H26ClN5O/c1-15(2)11-12-27-19-9-10-20(24)25-23(19)26-21(27)13-29-18-6-4-3-5-17(18)28(14-22(29)30)16-7-8-16/h3-6,9-10,15-16H,7-8,11-14H2,1-2H3. The highest BCUT2D eigenvalue weighted by molar-refractivity contribution is 6.29. The molecule has 6 nitrogen and oxygen atoms in total. The van der Waals surface area contributed by atoms with Gasteiger partial charge in [-0.1, -0.05) is 37.6 Å². The first-order valence-corrected chi connectivity index (χ1v) is 11.1. The number of carbonyl (C=O) groups excluding carboxylic acids is 1. The molecule has 7 heteroatoms. The number of nitrogens with zero attached hydrogens (tertiary/aromatic N) is 5. The topological polar surface area (TPSA) is 54.3 Å². The van der Waals surface area contributed by atoms with Gasteiger partial charge in [-0.05, 0) is 49.4 Å². The van der Waals surface area contributed by atoms with Crippen LogP contribution in [0.2, 0.25) is 5.15 Å². The first-order chi connectivity index (χ1) is 14.5. The number of benzene rings is 1. The summed E-state index contributed by atoms with van der Waals surface area (Å²) in [4.78, 5) is 26.5. The molecule has 1 aromatic carbocycles. The van der Waals surface area contributed by atoms with Crippen molar-refractivity contribution in [2.75, 3.05) is 16.3 Å². The van der Waals surface area contributed by atoms with Crippen LogP contribution in [-0.2, 0) is 17.9 Å². The summed E-state index contributed by atoms with van der Waals surface area (Å²) >= 11 is 6.11. The molecule has 5 rings (SSSR count). The predicted molar refractivity (Wildman–Crippen MR) is 120 cm³/mol. The maximum Gasteiger partial charge on any atom is 0.247 e. The van der Waals surface area contributed by atoms with Crippen LogP contribution >= 0.6 is 11.6 Å². The number of anilines is 2. The molecule has 0 unspecified atom stereocenters. The second kappa shape index (κ2) is 7.58. The lowest BCUT2D eigenvalue weighted by molar-refractivity contribution is -0.117. The van der Waals surface area contributed by atoms with Crippen LogP contribution < -0.4 is 9.80 Å².